The number of benzene rings is 2. The molecule has 1 aromatic heterocycles. The van der Waals surface area contributed by atoms with Crippen molar-refractivity contribution in [2.45, 2.75) is 39.3 Å². The van der Waals surface area contributed by atoms with Gasteiger partial charge in [-0.1, -0.05) is 35.9 Å². The lowest BCUT2D eigenvalue weighted by molar-refractivity contribution is 0.0284. The summed E-state index contributed by atoms with van der Waals surface area (Å²) in [5, 5.41) is 0.706. The average Bonchev–Trinajstić information content (AvgIpc) is 3.30. The minimum absolute atomic E-state index is 0.243. The van der Waals surface area contributed by atoms with Gasteiger partial charge in [-0.3, -0.25) is 4.57 Å². The minimum atomic E-state index is -0.489. The SMILES string of the molecule is CC(C)(C)OC(=O)N1CC[C@H](COc2nc3ccccc3n2Cc2cccc(Cl)c2)C1. The fourth-order valence-corrected chi connectivity index (χ4v) is 4.00. The van der Waals surface area contributed by atoms with Crippen molar-refractivity contribution in [1.29, 1.82) is 0 Å². The van der Waals surface area contributed by atoms with Gasteiger partial charge in [-0.15, -0.1) is 0 Å². The third-order valence-electron chi connectivity index (χ3n) is 5.23. The van der Waals surface area contributed by atoms with E-state index in [1.807, 2.05) is 69.3 Å². The Morgan fingerprint density at radius 1 is 1.19 bits per heavy atom. The highest BCUT2D eigenvalue weighted by atomic mass is 35.5. The quantitative estimate of drug-likeness (QED) is 0.533. The van der Waals surface area contributed by atoms with Crippen LogP contribution in [-0.2, 0) is 11.3 Å². The topological polar surface area (TPSA) is 56.6 Å². The predicted octanol–water partition coefficient (Wildman–Crippen LogP) is 5.37. The zero-order valence-corrected chi connectivity index (χ0v) is 18.9. The van der Waals surface area contributed by atoms with Crippen LogP contribution in [0, 0.1) is 5.92 Å². The number of nitrogens with zero attached hydrogens (tertiary/aromatic N) is 3. The summed E-state index contributed by atoms with van der Waals surface area (Å²) in [6.45, 7) is 8.07. The van der Waals surface area contributed by atoms with Crippen LogP contribution >= 0.6 is 11.6 Å². The summed E-state index contributed by atoms with van der Waals surface area (Å²) in [4.78, 5) is 18.8. The lowest BCUT2D eigenvalue weighted by atomic mass is 10.1. The third kappa shape index (κ3) is 5.31. The molecule has 1 atom stereocenters. The number of aromatic nitrogens is 2. The predicted molar refractivity (Wildman–Crippen MR) is 122 cm³/mol. The first-order valence-corrected chi connectivity index (χ1v) is 11.0. The number of ether oxygens (including phenoxy) is 2. The van der Waals surface area contributed by atoms with Gasteiger partial charge in [0.05, 0.1) is 24.2 Å². The van der Waals surface area contributed by atoms with E-state index >= 15 is 0 Å². The number of para-hydroxylation sites is 2. The molecule has 0 radical (unpaired) electrons. The Hall–Kier alpha value is -2.73. The molecule has 1 amide bonds. The molecule has 164 valence electrons. The maximum Gasteiger partial charge on any atom is 0.410 e. The van der Waals surface area contributed by atoms with Crippen molar-refractivity contribution in [1.82, 2.24) is 14.5 Å². The van der Waals surface area contributed by atoms with E-state index in [4.69, 9.17) is 26.1 Å². The molecule has 4 rings (SSSR count). The number of amides is 1. The molecule has 0 N–H and O–H groups in total. The minimum Gasteiger partial charge on any atom is -0.464 e. The van der Waals surface area contributed by atoms with E-state index in [1.54, 1.807) is 4.90 Å². The van der Waals surface area contributed by atoms with E-state index in [1.165, 1.54) is 0 Å². The number of hydrogen-bond acceptors (Lipinski definition) is 4. The van der Waals surface area contributed by atoms with Crippen LogP contribution in [0.25, 0.3) is 11.0 Å². The van der Waals surface area contributed by atoms with Crippen molar-refractivity contribution in [3.63, 3.8) is 0 Å². The molecule has 0 unspecified atom stereocenters. The second-order valence-electron chi connectivity index (χ2n) is 8.99. The summed E-state index contributed by atoms with van der Waals surface area (Å²) in [6, 6.07) is 16.4. The summed E-state index contributed by atoms with van der Waals surface area (Å²) < 4.78 is 13.7. The molecule has 2 heterocycles. The van der Waals surface area contributed by atoms with Crippen LogP contribution < -0.4 is 4.74 Å². The molecule has 1 aliphatic heterocycles. The summed E-state index contributed by atoms with van der Waals surface area (Å²) >= 11 is 6.17. The molecule has 1 fully saturated rings. The monoisotopic (exact) mass is 441 g/mol. The third-order valence-corrected chi connectivity index (χ3v) is 5.47. The van der Waals surface area contributed by atoms with E-state index in [0.29, 0.717) is 37.3 Å². The first kappa shape index (κ1) is 21.5. The summed E-state index contributed by atoms with van der Waals surface area (Å²) in [6.07, 6.45) is 0.622. The van der Waals surface area contributed by atoms with Crippen LogP contribution in [0.1, 0.15) is 32.8 Å². The molecule has 0 spiro atoms. The van der Waals surface area contributed by atoms with Gasteiger partial charge in [-0.2, -0.15) is 4.98 Å². The molecule has 2 aromatic carbocycles. The number of imidazole rings is 1. The first-order valence-electron chi connectivity index (χ1n) is 10.6. The van der Waals surface area contributed by atoms with Crippen LogP contribution in [0.2, 0.25) is 5.02 Å². The largest absolute Gasteiger partial charge is 0.464 e. The van der Waals surface area contributed by atoms with Crippen LogP contribution in [0.3, 0.4) is 0 Å². The van der Waals surface area contributed by atoms with E-state index in [-0.39, 0.29) is 12.0 Å². The molecule has 31 heavy (non-hydrogen) atoms. The van der Waals surface area contributed by atoms with Crippen LogP contribution in [0.5, 0.6) is 6.01 Å². The van der Waals surface area contributed by atoms with E-state index in [0.717, 1.165) is 23.0 Å². The van der Waals surface area contributed by atoms with Gasteiger partial charge in [0, 0.05) is 24.0 Å². The lowest BCUT2D eigenvalue weighted by Gasteiger charge is -2.24. The Kier molecular flexibility index (Phi) is 6.10. The second kappa shape index (κ2) is 8.79. The van der Waals surface area contributed by atoms with Crippen LogP contribution in [-0.4, -0.2) is 45.8 Å². The lowest BCUT2D eigenvalue weighted by Crippen LogP contribution is -2.35. The van der Waals surface area contributed by atoms with Crippen molar-refractivity contribution in [3.05, 3.63) is 59.1 Å². The van der Waals surface area contributed by atoms with E-state index < -0.39 is 5.60 Å². The van der Waals surface area contributed by atoms with Crippen LogP contribution in [0.15, 0.2) is 48.5 Å². The molecule has 0 saturated carbocycles. The standard InChI is InChI=1S/C24H28ClN3O3/c1-24(2,3)31-23(29)27-12-11-18(14-27)16-30-22-26-20-9-4-5-10-21(20)28(22)15-17-7-6-8-19(25)13-17/h4-10,13,18H,11-12,14-16H2,1-3H3/t18-/m0/s1. The summed E-state index contributed by atoms with van der Waals surface area (Å²) in [7, 11) is 0. The molecule has 1 saturated heterocycles. The second-order valence-corrected chi connectivity index (χ2v) is 9.43. The number of halogens is 1. The van der Waals surface area contributed by atoms with Crippen molar-refractivity contribution in [2.24, 2.45) is 5.92 Å². The molecular formula is C24H28ClN3O3. The number of carbonyl (C=O) groups excluding carboxylic acids is 1. The summed E-state index contributed by atoms with van der Waals surface area (Å²) in [5.41, 5.74) is 2.50. The zero-order valence-electron chi connectivity index (χ0n) is 18.2. The van der Waals surface area contributed by atoms with Gasteiger partial charge in [0.1, 0.15) is 5.60 Å². The van der Waals surface area contributed by atoms with Gasteiger partial charge in [0.25, 0.3) is 6.01 Å². The van der Waals surface area contributed by atoms with Crippen molar-refractivity contribution in [2.75, 3.05) is 19.7 Å². The molecular weight excluding hydrogens is 414 g/mol. The molecule has 6 nitrogen and oxygen atoms in total. The van der Waals surface area contributed by atoms with E-state index in [2.05, 4.69) is 4.57 Å². The summed E-state index contributed by atoms with van der Waals surface area (Å²) in [5.74, 6) is 0.243. The number of hydrogen-bond donors (Lipinski definition) is 0. The first-order chi connectivity index (χ1) is 14.8. The highest BCUT2D eigenvalue weighted by Crippen LogP contribution is 2.26. The average molecular weight is 442 g/mol. The maximum absolute atomic E-state index is 12.3. The number of fused-ring (bicyclic) bond motifs is 1. The normalized spacial score (nSPS) is 16.6. The molecule has 0 bridgehead atoms. The van der Waals surface area contributed by atoms with Gasteiger partial charge in [-0.25, -0.2) is 4.79 Å². The van der Waals surface area contributed by atoms with Gasteiger partial charge in [-0.05, 0) is 57.0 Å². The van der Waals surface area contributed by atoms with Gasteiger partial charge >= 0.3 is 6.09 Å². The van der Waals surface area contributed by atoms with Gasteiger partial charge in [0.2, 0.25) is 0 Å². The molecule has 1 aliphatic rings. The molecule has 7 heteroatoms. The highest BCUT2D eigenvalue weighted by molar-refractivity contribution is 6.30. The Labute approximate surface area is 187 Å². The van der Waals surface area contributed by atoms with Crippen LogP contribution in [0.4, 0.5) is 4.79 Å². The fraction of sp³-hybridized carbons (Fsp3) is 0.417. The smallest absolute Gasteiger partial charge is 0.410 e. The Bertz CT molecular complexity index is 1070. The zero-order chi connectivity index (χ0) is 22.0. The number of rotatable bonds is 5. The number of carbonyl (C=O) groups is 1. The maximum atomic E-state index is 12.3. The van der Waals surface area contributed by atoms with Gasteiger partial charge in [0.15, 0.2) is 0 Å². The number of likely N-dealkylation sites (tertiary alicyclic amines) is 1. The van der Waals surface area contributed by atoms with E-state index in [9.17, 15) is 4.79 Å². The highest BCUT2D eigenvalue weighted by Gasteiger charge is 2.30. The Morgan fingerprint density at radius 3 is 2.77 bits per heavy atom. The fourth-order valence-electron chi connectivity index (χ4n) is 3.79. The molecule has 3 aromatic rings. The molecule has 0 aliphatic carbocycles. The van der Waals surface area contributed by atoms with Crippen molar-refractivity contribution >= 4 is 28.7 Å². The van der Waals surface area contributed by atoms with Gasteiger partial charge < -0.3 is 14.4 Å². The Morgan fingerprint density at radius 2 is 2.00 bits per heavy atom. The Balaban J connectivity index is 1.46. The van der Waals surface area contributed by atoms with Crippen molar-refractivity contribution < 1.29 is 14.3 Å². The van der Waals surface area contributed by atoms with Crippen molar-refractivity contribution in [3.8, 4) is 6.01 Å².